The summed E-state index contributed by atoms with van der Waals surface area (Å²) < 4.78 is 13.3. The van der Waals surface area contributed by atoms with E-state index in [-0.39, 0.29) is 24.8 Å². The first-order chi connectivity index (χ1) is 15.6. The van der Waals surface area contributed by atoms with Gasteiger partial charge >= 0.3 is 0 Å². The van der Waals surface area contributed by atoms with Crippen molar-refractivity contribution in [2.24, 2.45) is 0 Å². The molecule has 1 unspecified atom stereocenters. The van der Waals surface area contributed by atoms with Gasteiger partial charge in [0.1, 0.15) is 11.6 Å². The van der Waals surface area contributed by atoms with Crippen molar-refractivity contribution in [3.05, 3.63) is 65.7 Å². The number of benzene rings is 1. The number of nitrogens with one attached hydrogen (secondary N) is 5. The minimum Gasteiger partial charge on any atom is -0.370 e. The van der Waals surface area contributed by atoms with Crippen molar-refractivity contribution >= 4 is 18.1 Å². The normalized spacial score (nSPS) is 18.1. The van der Waals surface area contributed by atoms with Gasteiger partial charge in [-0.25, -0.2) is 4.39 Å². The topological polar surface area (TPSA) is 124 Å². The molecule has 10 heteroatoms. The van der Waals surface area contributed by atoms with Gasteiger partial charge in [0, 0.05) is 25.8 Å². The van der Waals surface area contributed by atoms with Gasteiger partial charge in [0.05, 0.1) is 29.5 Å². The molecular weight excluding hydrogens is 413 g/mol. The molecule has 9 nitrogen and oxygen atoms in total. The second kappa shape index (κ2) is 9.56. The fraction of sp³-hybridized carbons (Fsp3) is 0.273. The highest BCUT2D eigenvalue weighted by Gasteiger charge is 2.37. The molecule has 1 aliphatic rings. The average molecular weight is 437 g/mol. The Kier molecular flexibility index (Phi) is 6.41. The molecule has 5 N–H and O–H groups in total. The number of pyridine rings is 1. The Bertz CT molecular complexity index is 1090. The van der Waals surface area contributed by atoms with Gasteiger partial charge in [-0.1, -0.05) is 18.2 Å². The van der Waals surface area contributed by atoms with Crippen LogP contribution < -0.4 is 21.3 Å². The lowest BCUT2D eigenvalue weighted by Gasteiger charge is -2.38. The number of nitrogens with zero attached hydrogens (tertiary/aromatic N) is 2. The van der Waals surface area contributed by atoms with E-state index in [1.54, 1.807) is 18.5 Å². The fourth-order valence-corrected chi connectivity index (χ4v) is 3.82. The summed E-state index contributed by atoms with van der Waals surface area (Å²) in [6, 6.07) is 10.2. The number of hydrogen-bond acceptors (Lipinski definition) is 6. The number of halogens is 1. The summed E-state index contributed by atoms with van der Waals surface area (Å²) in [5, 5.41) is 19.0. The third-order valence-electron chi connectivity index (χ3n) is 5.41. The first kappa shape index (κ1) is 21.4. The minimum atomic E-state index is -0.774. The predicted molar refractivity (Wildman–Crippen MR) is 117 cm³/mol. The zero-order valence-electron chi connectivity index (χ0n) is 17.3. The van der Waals surface area contributed by atoms with Gasteiger partial charge < -0.3 is 21.3 Å². The smallest absolute Gasteiger partial charge is 0.234 e. The van der Waals surface area contributed by atoms with Crippen LogP contribution in [0, 0.1) is 5.82 Å². The number of aromatic amines is 1. The van der Waals surface area contributed by atoms with Gasteiger partial charge in [-0.15, -0.1) is 0 Å². The van der Waals surface area contributed by atoms with Crippen molar-refractivity contribution in [2.75, 3.05) is 31.5 Å². The van der Waals surface area contributed by atoms with Crippen LogP contribution in [0.3, 0.4) is 0 Å². The molecule has 3 heterocycles. The van der Waals surface area contributed by atoms with Crippen molar-refractivity contribution in [1.82, 2.24) is 31.1 Å². The summed E-state index contributed by atoms with van der Waals surface area (Å²) in [7, 11) is 0. The highest BCUT2D eigenvalue weighted by atomic mass is 19.1. The van der Waals surface area contributed by atoms with Gasteiger partial charge in [0.2, 0.25) is 12.3 Å². The molecule has 2 amide bonds. The van der Waals surface area contributed by atoms with E-state index in [1.807, 2.05) is 18.2 Å². The average Bonchev–Trinajstić information content (AvgIpc) is 3.26. The Hall–Kier alpha value is -3.79. The third kappa shape index (κ3) is 4.75. The maximum Gasteiger partial charge on any atom is 0.234 e. The zero-order valence-corrected chi connectivity index (χ0v) is 17.3. The molecule has 1 atom stereocenters. The van der Waals surface area contributed by atoms with Crippen LogP contribution >= 0.6 is 0 Å². The fourth-order valence-electron chi connectivity index (χ4n) is 3.82. The lowest BCUT2D eigenvalue weighted by atomic mass is 9.88. The molecule has 3 aromatic rings. The second-order valence-corrected chi connectivity index (χ2v) is 7.63. The van der Waals surface area contributed by atoms with E-state index in [9.17, 15) is 14.0 Å². The molecule has 1 fully saturated rings. The Balaban J connectivity index is 1.48. The van der Waals surface area contributed by atoms with Crippen molar-refractivity contribution in [1.29, 1.82) is 0 Å². The zero-order chi connectivity index (χ0) is 22.4. The molecule has 32 heavy (non-hydrogen) atoms. The van der Waals surface area contributed by atoms with Crippen LogP contribution in [0.4, 0.5) is 10.2 Å². The molecule has 166 valence electrons. The third-order valence-corrected chi connectivity index (χ3v) is 5.41. The number of anilines is 1. The summed E-state index contributed by atoms with van der Waals surface area (Å²) in [5.41, 5.74) is 2.40. The van der Waals surface area contributed by atoms with Crippen LogP contribution in [0.15, 0.2) is 48.8 Å². The second-order valence-electron chi connectivity index (χ2n) is 7.63. The quantitative estimate of drug-likeness (QED) is 0.317. The van der Waals surface area contributed by atoms with Gasteiger partial charge in [-0.3, -0.25) is 19.7 Å². The van der Waals surface area contributed by atoms with E-state index in [0.29, 0.717) is 37.4 Å². The molecule has 0 aliphatic carbocycles. The summed E-state index contributed by atoms with van der Waals surface area (Å²) in [5.74, 6) is 0.318. The van der Waals surface area contributed by atoms with Crippen LogP contribution in [-0.4, -0.2) is 53.7 Å². The molecular formula is C22H24FN7O2. The molecule has 0 spiro atoms. The van der Waals surface area contributed by atoms with E-state index in [2.05, 4.69) is 36.4 Å². The number of H-pyrrole nitrogens is 1. The van der Waals surface area contributed by atoms with Crippen LogP contribution in [-0.2, 0) is 21.5 Å². The number of piperazine rings is 1. The van der Waals surface area contributed by atoms with E-state index >= 15 is 0 Å². The first-order valence-electron chi connectivity index (χ1n) is 10.3. The van der Waals surface area contributed by atoms with Crippen molar-refractivity contribution < 1.29 is 14.0 Å². The summed E-state index contributed by atoms with van der Waals surface area (Å²) in [4.78, 5) is 27.4. The lowest BCUT2D eigenvalue weighted by molar-refractivity contribution is -0.124. The van der Waals surface area contributed by atoms with Crippen molar-refractivity contribution in [3.63, 3.8) is 0 Å². The molecule has 1 saturated heterocycles. The standard InChI is InChI=1S/C22H24FN7O2/c23-17-3-1-2-15(8-17)6-7-26-21-18(10-28-30-21)19-5-4-16(9-27-19)22(13-25-14-31)12-24-11-20(32)29-22/h1-5,8-10,14,24H,6-7,11-13H2,(H,25,31)(H,29,32)(H2,26,28,30). The highest BCUT2D eigenvalue weighted by Crippen LogP contribution is 2.27. The largest absolute Gasteiger partial charge is 0.370 e. The molecule has 4 rings (SSSR count). The SMILES string of the molecule is O=CNCC1(c2ccc(-c3cn[nH]c3NCCc3cccc(F)c3)nc2)CNCC(=O)N1. The lowest BCUT2D eigenvalue weighted by Crippen LogP contribution is -2.63. The minimum absolute atomic E-state index is 0.146. The maximum absolute atomic E-state index is 13.3. The van der Waals surface area contributed by atoms with Crippen LogP contribution in [0.1, 0.15) is 11.1 Å². The monoisotopic (exact) mass is 437 g/mol. The molecule has 1 aliphatic heterocycles. The Morgan fingerprint density at radius 3 is 2.88 bits per heavy atom. The number of carbonyl (C=O) groups is 2. The summed E-state index contributed by atoms with van der Waals surface area (Å²) >= 11 is 0. The first-order valence-corrected chi connectivity index (χ1v) is 10.3. The maximum atomic E-state index is 13.3. The molecule has 0 radical (unpaired) electrons. The Morgan fingerprint density at radius 2 is 2.12 bits per heavy atom. The number of amides is 2. The van der Waals surface area contributed by atoms with E-state index in [1.165, 1.54) is 12.1 Å². The van der Waals surface area contributed by atoms with Gasteiger partial charge in [-0.05, 0) is 35.7 Å². The van der Waals surface area contributed by atoms with Crippen molar-refractivity contribution in [2.45, 2.75) is 12.0 Å². The van der Waals surface area contributed by atoms with E-state index in [4.69, 9.17) is 0 Å². The van der Waals surface area contributed by atoms with E-state index in [0.717, 1.165) is 16.7 Å². The van der Waals surface area contributed by atoms with Crippen LogP contribution in [0.2, 0.25) is 0 Å². The van der Waals surface area contributed by atoms with Gasteiger partial charge in [-0.2, -0.15) is 5.10 Å². The molecule has 1 aromatic carbocycles. The molecule has 2 aromatic heterocycles. The number of hydrogen-bond donors (Lipinski definition) is 5. The summed E-state index contributed by atoms with van der Waals surface area (Å²) in [6.07, 6.45) is 4.64. The Labute approximate surface area is 184 Å². The van der Waals surface area contributed by atoms with Gasteiger partial charge in [0.25, 0.3) is 0 Å². The molecule has 0 bridgehead atoms. The van der Waals surface area contributed by atoms with Crippen molar-refractivity contribution in [3.8, 4) is 11.3 Å². The predicted octanol–water partition coefficient (Wildman–Crippen LogP) is 0.926. The van der Waals surface area contributed by atoms with E-state index < -0.39 is 5.54 Å². The van der Waals surface area contributed by atoms with Crippen LogP contribution in [0.25, 0.3) is 11.3 Å². The summed E-state index contributed by atoms with van der Waals surface area (Å²) in [6.45, 7) is 1.54. The Morgan fingerprint density at radius 1 is 1.22 bits per heavy atom. The molecule has 0 saturated carbocycles. The van der Waals surface area contributed by atoms with Crippen LogP contribution in [0.5, 0.6) is 0 Å². The number of rotatable bonds is 9. The van der Waals surface area contributed by atoms with Gasteiger partial charge in [0.15, 0.2) is 0 Å². The highest BCUT2D eigenvalue weighted by molar-refractivity contribution is 5.80. The number of carbonyl (C=O) groups excluding carboxylic acids is 2. The number of aromatic nitrogens is 3.